The minimum absolute atomic E-state index is 0. The molecule has 1 aromatic rings. The van der Waals surface area contributed by atoms with Crippen LogP contribution in [-0.2, 0) is 6.54 Å². The molecule has 0 aliphatic rings. The fourth-order valence-corrected chi connectivity index (χ4v) is 1.60. The van der Waals surface area contributed by atoms with Gasteiger partial charge in [0.15, 0.2) is 0 Å². The van der Waals surface area contributed by atoms with E-state index >= 15 is 0 Å². The third-order valence-corrected chi connectivity index (χ3v) is 3.53. The number of hydrogen-bond donors (Lipinski definition) is 2. The normalized spacial score (nSPS) is 13.9. The van der Waals surface area contributed by atoms with Crippen molar-refractivity contribution in [3.8, 4) is 5.75 Å². The maximum atomic E-state index is 5.84. The van der Waals surface area contributed by atoms with Crippen LogP contribution in [0.4, 0.5) is 0 Å². The summed E-state index contributed by atoms with van der Waals surface area (Å²) >= 11 is 0. The van der Waals surface area contributed by atoms with Gasteiger partial charge < -0.3 is 15.8 Å². The molecule has 3 N–H and O–H groups in total. The van der Waals surface area contributed by atoms with E-state index in [1.165, 1.54) is 5.56 Å². The summed E-state index contributed by atoms with van der Waals surface area (Å²) in [6.45, 7) is 7.98. The van der Waals surface area contributed by atoms with E-state index in [4.69, 9.17) is 10.5 Å². The first-order valence-electron chi connectivity index (χ1n) is 6.10. The highest BCUT2D eigenvalue weighted by atomic mass is 35.5. The van der Waals surface area contributed by atoms with Crippen LogP contribution in [0.2, 0.25) is 0 Å². The predicted octanol–water partition coefficient (Wildman–Crippen LogP) is 2.58. The number of ether oxygens (including phenoxy) is 1. The van der Waals surface area contributed by atoms with Crippen molar-refractivity contribution >= 4 is 12.4 Å². The molecule has 1 rings (SSSR count). The Morgan fingerprint density at radius 3 is 2.56 bits per heavy atom. The standard InChI is InChI=1S/C14H24N2O.ClH/c1-11(2)14(3,10-15)16-9-12-6-5-7-13(8-12)17-4;/h5-8,11,16H,9-10,15H2,1-4H3;1H. The van der Waals surface area contributed by atoms with E-state index < -0.39 is 0 Å². The van der Waals surface area contributed by atoms with Crippen LogP contribution in [0.25, 0.3) is 0 Å². The molecule has 0 aliphatic heterocycles. The molecular weight excluding hydrogens is 248 g/mol. The van der Waals surface area contributed by atoms with E-state index in [9.17, 15) is 0 Å². The van der Waals surface area contributed by atoms with Crippen LogP contribution >= 0.6 is 12.4 Å². The van der Waals surface area contributed by atoms with Crippen LogP contribution in [0.5, 0.6) is 5.75 Å². The van der Waals surface area contributed by atoms with Gasteiger partial charge in [0.1, 0.15) is 5.75 Å². The van der Waals surface area contributed by atoms with Gasteiger partial charge in [-0.3, -0.25) is 0 Å². The molecule has 104 valence electrons. The Bertz CT molecular complexity index is 357. The van der Waals surface area contributed by atoms with E-state index in [1.807, 2.05) is 18.2 Å². The van der Waals surface area contributed by atoms with Crippen molar-refractivity contribution < 1.29 is 4.74 Å². The van der Waals surface area contributed by atoms with Crippen molar-refractivity contribution in [1.29, 1.82) is 0 Å². The minimum atomic E-state index is -0.0247. The Balaban J connectivity index is 0.00000289. The maximum Gasteiger partial charge on any atom is 0.119 e. The molecule has 0 spiro atoms. The van der Waals surface area contributed by atoms with Gasteiger partial charge in [0.05, 0.1) is 7.11 Å². The van der Waals surface area contributed by atoms with Crippen LogP contribution in [0.1, 0.15) is 26.3 Å². The van der Waals surface area contributed by atoms with Crippen molar-refractivity contribution in [2.24, 2.45) is 11.7 Å². The van der Waals surface area contributed by atoms with Gasteiger partial charge in [-0.15, -0.1) is 12.4 Å². The first kappa shape index (κ1) is 17.2. The average molecular weight is 273 g/mol. The molecule has 0 saturated heterocycles. The molecule has 1 aromatic carbocycles. The fourth-order valence-electron chi connectivity index (χ4n) is 1.60. The van der Waals surface area contributed by atoms with E-state index in [-0.39, 0.29) is 17.9 Å². The van der Waals surface area contributed by atoms with Crippen LogP contribution in [-0.4, -0.2) is 19.2 Å². The van der Waals surface area contributed by atoms with E-state index in [0.717, 1.165) is 12.3 Å². The highest BCUT2D eigenvalue weighted by Crippen LogP contribution is 2.17. The number of rotatable bonds is 6. The fraction of sp³-hybridized carbons (Fsp3) is 0.571. The number of nitrogens with two attached hydrogens (primary N) is 1. The Hall–Kier alpha value is -0.770. The number of halogens is 1. The van der Waals surface area contributed by atoms with Crippen LogP contribution in [0.3, 0.4) is 0 Å². The molecule has 0 fully saturated rings. The molecule has 0 aromatic heterocycles. The second-order valence-electron chi connectivity index (χ2n) is 4.98. The first-order chi connectivity index (χ1) is 8.01. The summed E-state index contributed by atoms with van der Waals surface area (Å²) < 4.78 is 5.21. The SMILES string of the molecule is COc1cccc(CNC(C)(CN)C(C)C)c1.Cl. The average Bonchev–Trinajstić information content (AvgIpc) is 2.36. The molecule has 0 aliphatic carbocycles. The van der Waals surface area contributed by atoms with Gasteiger partial charge in [-0.2, -0.15) is 0 Å². The van der Waals surface area contributed by atoms with Crippen molar-refractivity contribution in [2.75, 3.05) is 13.7 Å². The lowest BCUT2D eigenvalue weighted by molar-refractivity contribution is 0.267. The molecule has 4 heteroatoms. The molecule has 1 atom stereocenters. The topological polar surface area (TPSA) is 47.3 Å². The number of nitrogens with one attached hydrogen (secondary N) is 1. The molecule has 0 amide bonds. The van der Waals surface area contributed by atoms with Gasteiger partial charge in [-0.25, -0.2) is 0 Å². The van der Waals surface area contributed by atoms with Crippen LogP contribution in [0, 0.1) is 5.92 Å². The van der Waals surface area contributed by atoms with Crippen LogP contribution in [0.15, 0.2) is 24.3 Å². The Morgan fingerprint density at radius 2 is 2.06 bits per heavy atom. The zero-order chi connectivity index (χ0) is 12.9. The summed E-state index contributed by atoms with van der Waals surface area (Å²) in [5.41, 5.74) is 7.03. The Morgan fingerprint density at radius 1 is 1.39 bits per heavy atom. The number of benzene rings is 1. The smallest absolute Gasteiger partial charge is 0.119 e. The lowest BCUT2D eigenvalue weighted by Crippen LogP contribution is -2.52. The molecular formula is C14H25ClN2O. The lowest BCUT2D eigenvalue weighted by Gasteiger charge is -2.34. The van der Waals surface area contributed by atoms with Gasteiger partial charge >= 0.3 is 0 Å². The van der Waals surface area contributed by atoms with Crippen molar-refractivity contribution in [2.45, 2.75) is 32.9 Å². The number of methoxy groups -OCH3 is 1. The summed E-state index contributed by atoms with van der Waals surface area (Å²) in [5, 5.41) is 3.53. The first-order valence-corrected chi connectivity index (χ1v) is 6.10. The van der Waals surface area contributed by atoms with Crippen molar-refractivity contribution in [1.82, 2.24) is 5.32 Å². The third-order valence-electron chi connectivity index (χ3n) is 3.53. The molecule has 0 heterocycles. The molecule has 18 heavy (non-hydrogen) atoms. The van der Waals surface area contributed by atoms with Crippen LogP contribution < -0.4 is 15.8 Å². The summed E-state index contributed by atoms with van der Waals surface area (Å²) in [5.74, 6) is 1.39. The minimum Gasteiger partial charge on any atom is -0.497 e. The predicted molar refractivity (Wildman–Crippen MR) is 79.4 cm³/mol. The zero-order valence-electron chi connectivity index (χ0n) is 11.7. The highest BCUT2D eigenvalue weighted by molar-refractivity contribution is 5.85. The van der Waals surface area contributed by atoms with Gasteiger partial charge in [0.2, 0.25) is 0 Å². The second kappa shape index (κ2) is 7.62. The molecule has 0 bridgehead atoms. The largest absolute Gasteiger partial charge is 0.497 e. The lowest BCUT2D eigenvalue weighted by atomic mass is 9.88. The van der Waals surface area contributed by atoms with Crippen molar-refractivity contribution in [3.63, 3.8) is 0 Å². The quantitative estimate of drug-likeness (QED) is 0.837. The number of hydrogen-bond acceptors (Lipinski definition) is 3. The second-order valence-corrected chi connectivity index (χ2v) is 4.98. The zero-order valence-corrected chi connectivity index (χ0v) is 12.5. The monoisotopic (exact) mass is 272 g/mol. The van der Waals surface area contributed by atoms with Gasteiger partial charge in [0, 0.05) is 18.6 Å². The summed E-state index contributed by atoms with van der Waals surface area (Å²) in [7, 11) is 1.69. The van der Waals surface area contributed by atoms with Gasteiger partial charge in [-0.1, -0.05) is 26.0 Å². The maximum absolute atomic E-state index is 5.84. The molecule has 1 unspecified atom stereocenters. The van der Waals surface area contributed by atoms with E-state index in [1.54, 1.807) is 7.11 Å². The van der Waals surface area contributed by atoms with E-state index in [2.05, 4.69) is 32.2 Å². The Labute approximate surface area is 117 Å². The third kappa shape index (κ3) is 4.48. The van der Waals surface area contributed by atoms with Crippen molar-refractivity contribution in [3.05, 3.63) is 29.8 Å². The summed E-state index contributed by atoms with van der Waals surface area (Å²) in [6, 6.07) is 8.09. The highest BCUT2D eigenvalue weighted by Gasteiger charge is 2.25. The summed E-state index contributed by atoms with van der Waals surface area (Å²) in [6.07, 6.45) is 0. The van der Waals surface area contributed by atoms with E-state index in [0.29, 0.717) is 12.5 Å². The molecule has 3 nitrogen and oxygen atoms in total. The Kier molecular flexibility index (Phi) is 7.29. The summed E-state index contributed by atoms with van der Waals surface area (Å²) in [4.78, 5) is 0. The van der Waals surface area contributed by atoms with Gasteiger partial charge in [0.25, 0.3) is 0 Å². The molecule has 0 saturated carbocycles. The molecule has 0 radical (unpaired) electrons. The van der Waals surface area contributed by atoms with Gasteiger partial charge in [-0.05, 0) is 30.5 Å².